The predicted octanol–water partition coefficient (Wildman–Crippen LogP) is 1.63. The van der Waals surface area contributed by atoms with E-state index in [1.165, 1.54) is 15.8 Å². The van der Waals surface area contributed by atoms with Crippen LogP contribution in [0.4, 0.5) is 4.79 Å². The summed E-state index contributed by atoms with van der Waals surface area (Å²) >= 11 is 0. The second kappa shape index (κ2) is 20.0. The van der Waals surface area contributed by atoms with Gasteiger partial charge in [-0.3, -0.25) is 9.36 Å². The Morgan fingerprint density at radius 3 is 1.95 bits per heavy atom. The summed E-state index contributed by atoms with van der Waals surface area (Å²) in [4.78, 5) is 45.3. The maximum absolute atomic E-state index is 12.0. The summed E-state index contributed by atoms with van der Waals surface area (Å²) in [6.07, 6.45) is 8.95. The van der Waals surface area contributed by atoms with Crippen molar-refractivity contribution in [3.63, 3.8) is 0 Å². The number of carbonyl (C=O) groups is 4. The second-order valence-corrected chi connectivity index (χ2v) is 9.42. The molecule has 2 aromatic rings. The zero-order chi connectivity index (χ0) is 31.5. The van der Waals surface area contributed by atoms with Gasteiger partial charge < -0.3 is 34.1 Å². The van der Waals surface area contributed by atoms with E-state index in [1.807, 2.05) is 0 Å². The summed E-state index contributed by atoms with van der Waals surface area (Å²) in [6.45, 7) is 6.95. The van der Waals surface area contributed by atoms with E-state index in [0.29, 0.717) is 13.2 Å². The van der Waals surface area contributed by atoms with Crippen LogP contribution >= 0.6 is 0 Å². The maximum atomic E-state index is 12.0. The Kier molecular flexibility index (Phi) is 16.4. The molecular formula is C28H43N5O10. The molecule has 2 aliphatic rings. The highest BCUT2D eigenvalue weighted by Crippen LogP contribution is 2.17. The van der Waals surface area contributed by atoms with Crippen LogP contribution in [0.3, 0.4) is 0 Å². The first-order valence-electron chi connectivity index (χ1n) is 14.5. The number of ether oxygens (including phenoxy) is 5. The van der Waals surface area contributed by atoms with Crippen molar-refractivity contribution < 1.29 is 48.0 Å². The molecule has 1 amide bonds. The highest BCUT2D eigenvalue weighted by molar-refractivity contribution is 5.79. The summed E-state index contributed by atoms with van der Waals surface area (Å²) < 4.78 is 27.1. The molecule has 4 rings (SSSR count). The zero-order valence-corrected chi connectivity index (χ0v) is 25.0. The molecule has 0 aromatic carbocycles. The summed E-state index contributed by atoms with van der Waals surface area (Å²) in [5.41, 5.74) is 0. The number of carbonyl (C=O) groups excluding carboxylic acids is 4. The number of rotatable bonds is 12. The normalized spacial score (nSPS) is 17.0. The number of aliphatic hydroxyl groups is 1. The van der Waals surface area contributed by atoms with E-state index in [0.717, 1.165) is 25.7 Å². The third kappa shape index (κ3) is 14.7. The predicted molar refractivity (Wildman–Crippen MR) is 150 cm³/mol. The summed E-state index contributed by atoms with van der Waals surface area (Å²) in [5.74, 6) is -1.40. The molecule has 0 radical (unpaired) electrons. The monoisotopic (exact) mass is 609 g/mol. The standard InChI is InChI=1S/C15H23N3O4.C8H12N2O3.C5H8O3/c1-2-21-14(19)13(11-18-10-6-9-16-18)22-15(20)17-12-7-4-3-5-8-12;1-2-13-8(12)7(11)6-10-5-3-4-9-10;1-2-7-5(6)4-3-8-4/h6,9-10,12-13H,2-5,7-8,11H2,1H3,(H,17,20);3-5,7,11H,2,6H2,1H3;4H,2-3H2,1H3. The van der Waals surface area contributed by atoms with E-state index in [1.54, 1.807) is 57.7 Å². The lowest BCUT2D eigenvalue weighted by molar-refractivity contribution is -0.154. The van der Waals surface area contributed by atoms with E-state index in [9.17, 15) is 24.3 Å². The fourth-order valence-electron chi connectivity index (χ4n) is 3.87. The molecule has 43 heavy (non-hydrogen) atoms. The average Bonchev–Trinajstić information content (AvgIpc) is 3.48. The topological polar surface area (TPSA) is 186 Å². The summed E-state index contributed by atoms with van der Waals surface area (Å²) in [7, 11) is 0. The lowest BCUT2D eigenvalue weighted by atomic mass is 9.96. The number of alkyl carbamates (subject to hydrolysis) is 1. The Bertz CT molecular complexity index is 1070. The van der Waals surface area contributed by atoms with Crippen LogP contribution in [0.1, 0.15) is 52.9 Å². The molecule has 2 N–H and O–H groups in total. The first-order valence-corrected chi connectivity index (χ1v) is 14.5. The van der Waals surface area contributed by atoms with Gasteiger partial charge in [0.1, 0.15) is 0 Å². The fraction of sp³-hybridized carbons (Fsp3) is 0.643. The molecule has 2 aromatic heterocycles. The van der Waals surface area contributed by atoms with Gasteiger partial charge in [-0.25, -0.2) is 19.2 Å². The molecule has 2 fully saturated rings. The third-order valence-electron chi connectivity index (χ3n) is 6.00. The maximum Gasteiger partial charge on any atom is 0.408 e. The van der Waals surface area contributed by atoms with E-state index in [4.69, 9.17) is 9.47 Å². The second-order valence-electron chi connectivity index (χ2n) is 9.42. The smallest absolute Gasteiger partial charge is 0.408 e. The molecule has 0 bridgehead atoms. The molecule has 15 heteroatoms. The lowest BCUT2D eigenvalue weighted by Crippen LogP contribution is -2.41. The van der Waals surface area contributed by atoms with E-state index < -0.39 is 30.2 Å². The highest BCUT2D eigenvalue weighted by atomic mass is 16.6. The molecule has 3 unspecified atom stereocenters. The Hall–Kier alpha value is -3.98. The molecule has 1 aliphatic heterocycles. The van der Waals surface area contributed by atoms with Crippen LogP contribution in [-0.2, 0) is 51.2 Å². The largest absolute Gasteiger partial charge is 0.464 e. The Labute approximate surface area is 250 Å². The van der Waals surface area contributed by atoms with Gasteiger partial charge in [0.2, 0.25) is 6.10 Å². The van der Waals surface area contributed by atoms with E-state index in [-0.39, 0.29) is 44.4 Å². The summed E-state index contributed by atoms with van der Waals surface area (Å²) in [5, 5.41) is 20.0. The zero-order valence-electron chi connectivity index (χ0n) is 25.0. The number of nitrogens with zero attached hydrogens (tertiary/aromatic N) is 4. The number of aromatic nitrogens is 4. The molecule has 1 saturated carbocycles. The van der Waals surface area contributed by atoms with Gasteiger partial charge in [0, 0.05) is 30.8 Å². The Balaban J connectivity index is 0.000000258. The first kappa shape index (κ1) is 35.2. The molecule has 1 saturated heterocycles. The SMILES string of the molecule is CCOC(=O)C(Cn1cccn1)OC(=O)NC1CCCCC1.CCOC(=O)C(O)Cn1cccn1.CCOC(=O)C1CO1. The molecule has 1 aliphatic carbocycles. The molecule has 15 nitrogen and oxygen atoms in total. The molecule has 0 spiro atoms. The van der Waals surface area contributed by atoms with Crippen LogP contribution in [-0.4, -0.2) is 99.4 Å². The number of epoxide rings is 1. The van der Waals surface area contributed by atoms with E-state index in [2.05, 4.69) is 29.7 Å². The van der Waals surface area contributed by atoms with E-state index >= 15 is 0 Å². The van der Waals surface area contributed by atoms with Gasteiger partial charge in [0.25, 0.3) is 0 Å². The Morgan fingerprint density at radius 1 is 0.884 bits per heavy atom. The van der Waals surface area contributed by atoms with Gasteiger partial charge in [-0.1, -0.05) is 19.3 Å². The van der Waals surface area contributed by atoms with Crippen LogP contribution < -0.4 is 5.32 Å². The number of hydrogen-bond donors (Lipinski definition) is 2. The van der Waals surface area contributed by atoms with Crippen molar-refractivity contribution in [1.82, 2.24) is 24.9 Å². The molecular weight excluding hydrogens is 566 g/mol. The van der Waals surface area contributed by atoms with Crippen LogP contribution in [0.5, 0.6) is 0 Å². The van der Waals surface area contributed by atoms with Crippen molar-refractivity contribution in [3.05, 3.63) is 36.9 Å². The van der Waals surface area contributed by atoms with Crippen molar-refractivity contribution >= 4 is 24.0 Å². The minimum atomic E-state index is -1.14. The highest BCUT2D eigenvalue weighted by Gasteiger charge is 2.32. The minimum Gasteiger partial charge on any atom is -0.464 e. The van der Waals surface area contributed by atoms with Gasteiger partial charge in [0.15, 0.2) is 12.2 Å². The minimum absolute atomic E-state index is 0.131. The third-order valence-corrected chi connectivity index (χ3v) is 6.00. The van der Waals surface area contributed by atoms with Gasteiger partial charge >= 0.3 is 24.0 Å². The molecule has 3 heterocycles. The quantitative estimate of drug-likeness (QED) is 0.202. The number of amides is 1. The first-order chi connectivity index (χ1) is 20.8. The van der Waals surface area contributed by atoms with Crippen LogP contribution in [0, 0.1) is 0 Å². The number of hydrogen-bond acceptors (Lipinski definition) is 12. The van der Waals surface area contributed by atoms with Gasteiger partial charge in [-0.05, 0) is 45.7 Å². The van der Waals surface area contributed by atoms with Crippen LogP contribution in [0.15, 0.2) is 36.9 Å². The van der Waals surface area contributed by atoms with Crippen molar-refractivity contribution in [2.45, 2.75) is 90.3 Å². The Morgan fingerprint density at radius 2 is 1.44 bits per heavy atom. The van der Waals surface area contributed by atoms with Gasteiger partial charge in [0.05, 0.1) is 39.5 Å². The number of aliphatic hydroxyl groups excluding tert-OH is 1. The van der Waals surface area contributed by atoms with Crippen molar-refractivity contribution in [3.8, 4) is 0 Å². The molecule has 3 atom stereocenters. The van der Waals surface area contributed by atoms with Crippen molar-refractivity contribution in [2.75, 3.05) is 26.4 Å². The summed E-state index contributed by atoms with van der Waals surface area (Å²) in [6, 6.07) is 3.59. The molecule has 240 valence electrons. The fourth-order valence-corrected chi connectivity index (χ4v) is 3.87. The van der Waals surface area contributed by atoms with Crippen LogP contribution in [0.25, 0.3) is 0 Å². The lowest BCUT2D eigenvalue weighted by Gasteiger charge is -2.24. The van der Waals surface area contributed by atoms with Crippen LogP contribution in [0.2, 0.25) is 0 Å². The number of nitrogens with one attached hydrogen (secondary N) is 1. The van der Waals surface area contributed by atoms with Crippen molar-refractivity contribution in [2.24, 2.45) is 0 Å². The average molecular weight is 610 g/mol. The van der Waals surface area contributed by atoms with Gasteiger partial charge in [-0.15, -0.1) is 0 Å². The van der Waals surface area contributed by atoms with Crippen molar-refractivity contribution in [1.29, 1.82) is 0 Å². The number of esters is 3. The van der Waals surface area contributed by atoms with Gasteiger partial charge in [-0.2, -0.15) is 10.2 Å².